The molecule has 384 valence electrons. The first kappa shape index (κ1) is 53.0. The van der Waals surface area contributed by atoms with E-state index in [0.29, 0.717) is 74.5 Å². The third kappa shape index (κ3) is 12.9. The van der Waals surface area contributed by atoms with Crippen LogP contribution in [0.1, 0.15) is 22.3 Å². The molecule has 0 spiro atoms. The predicted octanol–water partition coefficient (Wildman–Crippen LogP) is 6.27. The summed E-state index contributed by atoms with van der Waals surface area (Å²) < 4.78 is 26.0. The Labute approximate surface area is 438 Å². The van der Waals surface area contributed by atoms with Crippen molar-refractivity contribution >= 4 is 61.5 Å². The molecule has 0 amide bonds. The quantitative estimate of drug-likeness (QED) is 0.136. The van der Waals surface area contributed by atoms with Gasteiger partial charge in [-0.2, -0.15) is 4.98 Å². The first-order valence-electron chi connectivity index (χ1n) is 23.8. The molecule has 10 rings (SSSR count). The maximum absolute atomic E-state index is 13.1. The van der Waals surface area contributed by atoms with Crippen LogP contribution in [0.5, 0.6) is 17.5 Å². The average molecular weight is 1100 g/mol. The number of nitrogens with zero attached hydrogens (tertiary/aromatic N) is 10. The Bertz CT molecular complexity index is 3450. The van der Waals surface area contributed by atoms with Crippen LogP contribution in [0.4, 0.5) is 0 Å². The number of ether oxygens (including phenoxy) is 3. The van der Waals surface area contributed by atoms with Gasteiger partial charge in [-0.3, -0.25) is 42.2 Å². The van der Waals surface area contributed by atoms with Crippen molar-refractivity contribution in [3.8, 4) is 17.5 Å². The molecule has 8 aromatic rings. The zero-order valence-electron chi connectivity index (χ0n) is 41.0. The number of phenolic OH excluding ortho intramolecular Hbond substituents is 1. The predicted molar refractivity (Wildman–Crippen MR) is 285 cm³/mol. The summed E-state index contributed by atoms with van der Waals surface area (Å²) in [6.45, 7) is 9.55. The summed E-state index contributed by atoms with van der Waals surface area (Å²) in [4.78, 5) is 63.6. The van der Waals surface area contributed by atoms with E-state index >= 15 is 0 Å². The van der Waals surface area contributed by atoms with E-state index in [0.717, 1.165) is 97.1 Å². The lowest BCUT2D eigenvalue weighted by Gasteiger charge is -2.26. The molecule has 0 unspecified atom stereocenters. The van der Waals surface area contributed by atoms with Crippen molar-refractivity contribution in [1.29, 1.82) is 0 Å². The highest BCUT2D eigenvalue weighted by molar-refractivity contribution is 9.10. The van der Waals surface area contributed by atoms with Crippen LogP contribution in [0.15, 0.2) is 121 Å². The molecule has 6 heterocycles. The van der Waals surface area contributed by atoms with Crippen molar-refractivity contribution in [2.75, 3.05) is 52.6 Å². The molecule has 73 heavy (non-hydrogen) atoms. The van der Waals surface area contributed by atoms with Gasteiger partial charge in [0.15, 0.2) is 27.1 Å². The molecule has 4 aromatic heterocycles. The van der Waals surface area contributed by atoms with E-state index in [1.54, 1.807) is 29.3 Å². The van der Waals surface area contributed by atoms with Crippen LogP contribution in [-0.2, 0) is 76.7 Å². The van der Waals surface area contributed by atoms with Crippen molar-refractivity contribution in [1.82, 2.24) is 47.2 Å². The molecule has 0 radical (unpaired) electrons. The molecule has 2 aliphatic rings. The number of imidazole rings is 2. The van der Waals surface area contributed by atoms with E-state index < -0.39 is 16.9 Å². The van der Waals surface area contributed by atoms with Gasteiger partial charge in [-0.1, -0.05) is 71.7 Å². The van der Waals surface area contributed by atoms with Gasteiger partial charge in [-0.05, 0) is 99.6 Å². The number of phenols is 1. The van der Waals surface area contributed by atoms with E-state index in [2.05, 4.69) is 41.8 Å². The lowest BCUT2D eigenvalue weighted by Crippen LogP contribution is -2.37. The number of hydrogen-bond donors (Lipinski definition) is 1. The monoisotopic (exact) mass is 1100 g/mol. The van der Waals surface area contributed by atoms with Gasteiger partial charge in [0, 0.05) is 90.6 Å². The standard InChI is InChI=1S/C26H28ClN5O4.C15H14BrClN4O2.C11H15NO2/c1-29-23-22(24(33)30(2)26(29)34)32(11-10-18-6-8-20(27)9-7-18)25(28-23)36-21-5-3-4-19(16-21)17-31-12-14-35-15-13-31;1-19-12-11(13(22)20(2)15(19)23)21(14(16)18-12)8-7-9-3-5-10(17)6-4-9;13-11-3-1-2-10(8-11)9-12-4-6-14-7-5-12/h3-9,16H,10-15,17H2,1-2H3;3-6H,7-8H2,1-2H3;1-3,8,13H,4-7,9H2. The Balaban J connectivity index is 0.000000163. The maximum Gasteiger partial charge on any atom is 0.332 e. The zero-order valence-corrected chi connectivity index (χ0v) is 44.1. The molecule has 1 N–H and O–H groups in total. The Kier molecular flexibility index (Phi) is 17.5. The average Bonchev–Trinajstić information content (AvgIpc) is 3.93. The van der Waals surface area contributed by atoms with Gasteiger partial charge >= 0.3 is 17.4 Å². The molecular formula is C52H57BrCl2N10O8. The topological polar surface area (TPSA) is 178 Å². The second kappa shape index (κ2) is 24.1. The molecule has 2 fully saturated rings. The molecule has 0 saturated carbocycles. The summed E-state index contributed by atoms with van der Waals surface area (Å²) in [6.07, 6.45) is 1.34. The van der Waals surface area contributed by atoms with Crippen LogP contribution in [-0.4, -0.2) is 105 Å². The number of morpholine rings is 2. The zero-order chi connectivity index (χ0) is 51.8. The lowest BCUT2D eigenvalue weighted by molar-refractivity contribution is 0.0341. The minimum absolute atomic E-state index is 0.265. The van der Waals surface area contributed by atoms with Crippen molar-refractivity contribution < 1.29 is 19.3 Å². The van der Waals surface area contributed by atoms with Crippen LogP contribution in [0, 0.1) is 0 Å². The first-order chi connectivity index (χ1) is 35.1. The molecule has 2 saturated heterocycles. The maximum atomic E-state index is 13.1. The molecule has 4 aromatic carbocycles. The minimum Gasteiger partial charge on any atom is -0.508 e. The minimum atomic E-state index is -0.436. The summed E-state index contributed by atoms with van der Waals surface area (Å²) in [7, 11) is 6.14. The van der Waals surface area contributed by atoms with Gasteiger partial charge in [0.1, 0.15) is 11.5 Å². The van der Waals surface area contributed by atoms with Crippen molar-refractivity contribution in [2.45, 2.75) is 39.0 Å². The van der Waals surface area contributed by atoms with Crippen LogP contribution >= 0.6 is 39.1 Å². The van der Waals surface area contributed by atoms with Crippen molar-refractivity contribution in [2.24, 2.45) is 28.2 Å². The number of aryl methyl sites for hydroxylation is 6. The first-order valence-corrected chi connectivity index (χ1v) is 25.3. The number of aromatic nitrogens is 8. The van der Waals surface area contributed by atoms with Gasteiger partial charge in [-0.15, -0.1) is 0 Å². The highest BCUT2D eigenvalue weighted by Gasteiger charge is 2.22. The normalized spacial score (nSPS) is 14.2. The van der Waals surface area contributed by atoms with E-state index in [1.807, 2.05) is 84.9 Å². The van der Waals surface area contributed by atoms with Gasteiger partial charge < -0.3 is 23.9 Å². The van der Waals surface area contributed by atoms with E-state index in [1.165, 1.54) is 23.2 Å². The third-order valence-corrected chi connectivity index (χ3v) is 13.8. The fraction of sp³-hybridized carbons (Fsp3) is 0.346. The second-order valence-corrected chi connectivity index (χ2v) is 19.4. The van der Waals surface area contributed by atoms with Crippen LogP contribution in [0.2, 0.25) is 10.0 Å². The van der Waals surface area contributed by atoms with Gasteiger partial charge in [-0.25, -0.2) is 14.6 Å². The van der Waals surface area contributed by atoms with Crippen molar-refractivity contribution in [3.05, 3.63) is 176 Å². The number of aromatic hydroxyl groups is 1. The summed E-state index contributed by atoms with van der Waals surface area (Å²) >= 11 is 15.3. The van der Waals surface area contributed by atoms with E-state index in [-0.39, 0.29) is 11.6 Å². The summed E-state index contributed by atoms with van der Waals surface area (Å²) in [5.41, 5.74) is 4.25. The van der Waals surface area contributed by atoms with Gasteiger partial charge in [0.2, 0.25) is 0 Å². The number of benzene rings is 4. The largest absolute Gasteiger partial charge is 0.508 e. The fourth-order valence-electron chi connectivity index (χ4n) is 8.62. The van der Waals surface area contributed by atoms with Gasteiger partial charge in [0.25, 0.3) is 11.1 Å². The van der Waals surface area contributed by atoms with Crippen LogP contribution < -0.4 is 27.2 Å². The lowest BCUT2D eigenvalue weighted by atomic mass is 10.1. The number of fused-ring (bicyclic) bond motifs is 2. The number of hydrogen-bond acceptors (Lipinski definition) is 12. The molecule has 0 atom stereocenters. The highest BCUT2D eigenvalue weighted by Crippen LogP contribution is 2.27. The molecule has 0 aliphatic carbocycles. The van der Waals surface area contributed by atoms with E-state index in [4.69, 9.17) is 37.4 Å². The molecule has 21 heteroatoms. The van der Waals surface area contributed by atoms with Crippen LogP contribution in [0.25, 0.3) is 22.3 Å². The highest BCUT2D eigenvalue weighted by atomic mass is 79.9. The van der Waals surface area contributed by atoms with Gasteiger partial charge in [0.05, 0.1) is 26.4 Å². The van der Waals surface area contributed by atoms with Crippen molar-refractivity contribution in [3.63, 3.8) is 0 Å². The number of halogens is 3. The molecular weight excluding hydrogens is 1040 g/mol. The second-order valence-electron chi connectivity index (χ2n) is 17.8. The Hall–Kier alpha value is -6.32. The molecule has 18 nitrogen and oxygen atoms in total. The third-order valence-electron chi connectivity index (χ3n) is 12.7. The summed E-state index contributed by atoms with van der Waals surface area (Å²) in [5, 5.41) is 10.6. The fourth-order valence-corrected chi connectivity index (χ4v) is 9.40. The SMILES string of the molecule is Cn1c(=O)c2c(nc(Br)n2CCc2ccc(Cl)cc2)n(C)c1=O.Cn1c(=O)c2c(nc(Oc3cccc(CN4CCOCC4)c3)n2CCc2ccc(Cl)cc2)n(C)c1=O.Oc1cccc(CN2CCOCC2)c1. The smallest absolute Gasteiger partial charge is 0.332 e. The molecule has 2 aliphatic heterocycles. The Morgan fingerprint density at radius 1 is 0.575 bits per heavy atom. The number of rotatable bonds is 12. The Morgan fingerprint density at radius 2 is 1.03 bits per heavy atom. The Morgan fingerprint density at radius 3 is 1.53 bits per heavy atom. The molecule has 0 bridgehead atoms. The van der Waals surface area contributed by atoms with Crippen LogP contribution in [0.3, 0.4) is 0 Å². The van der Waals surface area contributed by atoms with E-state index in [9.17, 15) is 24.3 Å². The summed E-state index contributed by atoms with van der Waals surface area (Å²) in [5.74, 6) is 0.960. The summed E-state index contributed by atoms with van der Waals surface area (Å²) in [6, 6.07) is 30.7.